The SMILES string of the molecule is COC[C@H]1O[C@@H](O[C@H]2[C@H](OC)[C@H](OC)[C@H](O[C@@H]([C@H](OC)[C@@H](C=O)OC)[C@@H](COC)OC)O[C@@H]2COC)[C@@H](OC)[C@@H](OC)[C@@H]1OC. The second-order valence-electron chi connectivity index (χ2n) is 10.5. The van der Waals surface area contributed by atoms with E-state index in [-0.39, 0.29) is 19.8 Å². The summed E-state index contributed by atoms with van der Waals surface area (Å²) >= 11 is 0. The summed E-state index contributed by atoms with van der Waals surface area (Å²) in [5, 5.41) is 0. The fraction of sp³-hybridized carbons (Fsp3) is 0.966. The van der Waals surface area contributed by atoms with E-state index in [4.69, 9.17) is 71.1 Å². The predicted molar refractivity (Wildman–Crippen MR) is 155 cm³/mol. The number of ether oxygens (including phenoxy) is 15. The molecular formula is C29H54O16. The van der Waals surface area contributed by atoms with Crippen LogP contribution in [0.3, 0.4) is 0 Å². The number of methoxy groups -OCH3 is 11. The van der Waals surface area contributed by atoms with Crippen LogP contribution in [0, 0.1) is 0 Å². The van der Waals surface area contributed by atoms with E-state index in [9.17, 15) is 4.79 Å². The Morgan fingerprint density at radius 2 is 1.07 bits per heavy atom. The lowest BCUT2D eigenvalue weighted by Gasteiger charge is -2.50. The molecule has 0 aromatic rings. The summed E-state index contributed by atoms with van der Waals surface area (Å²) in [6, 6.07) is 0. The van der Waals surface area contributed by atoms with Gasteiger partial charge in [0, 0.05) is 78.2 Å². The molecule has 45 heavy (non-hydrogen) atoms. The van der Waals surface area contributed by atoms with Crippen molar-refractivity contribution < 1.29 is 75.8 Å². The highest BCUT2D eigenvalue weighted by Crippen LogP contribution is 2.35. The maximum Gasteiger partial charge on any atom is 0.187 e. The standard InChI is InChI=1S/C29H54O16/c1-31-13-17(35-5)22(20(36-6)16(12-30)34-4)44-29-27(41-11)25(39-9)23(19(43-29)15-33-3)45-28-26(40-10)24(38-8)21(37-7)18(42-28)14-32-2/h12,16-29H,13-15H2,1-11H3/t16-,17-,18-,19-,20-,21-,22-,23-,24+,25+,26+,27+,28+,29+/m1/s1. The first kappa shape index (κ1) is 40.2. The third-order valence-corrected chi connectivity index (χ3v) is 8.11. The van der Waals surface area contributed by atoms with E-state index in [0.717, 1.165) is 0 Å². The first-order valence-corrected chi connectivity index (χ1v) is 14.6. The molecule has 0 aromatic carbocycles. The van der Waals surface area contributed by atoms with Gasteiger partial charge in [-0.15, -0.1) is 0 Å². The summed E-state index contributed by atoms with van der Waals surface area (Å²) < 4.78 is 88.1. The molecule has 0 aliphatic carbocycles. The van der Waals surface area contributed by atoms with Gasteiger partial charge in [-0.05, 0) is 0 Å². The van der Waals surface area contributed by atoms with Gasteiger partial charge >= 0.3 is 0 Å². The molecular weight excluding hydrogens is 604 g/mol. The Morgan fingerprint density at radius 1 is 0.556 bits per heavy atom. The average Bonchev–Trinajstić information content (AvgIpc) is 3.05. The molecule has 2 aliphatic rings. The average molecular weight is 659 g/mol. The molecule has 2 fully saturated rings. The lowest BCUT2D eigenvalue weighted by molar-refractivity contribution is -0.375. The van der Waals surface area contributed by atoms with Crippen LogP contribution < -0.4 is 0 Å². The highest BCUT2D eigenvalue weighted by atomic mass is 16.8. The topological polar surface area (TPSA) is 156 Å². The number of hydrogen-bond donors (Lipinski definition) is 0. The van der Waals surface area contributed by atoms with E-state index < -0.39 is 85.8 Å². The van der Waals surface area contributed by atoms with Gasteiger partial charge in [0.15, 0.2) is 18.9 Å². The molecule has 266 valence electrons. The Kier molecular flexibility index (Phi) is 18.9. The molecule has 0 saturated carbocycles. The molecule has 0 aromatic heterocycles. The van der Waals surface area contributed by atoms with Crippen LogP contribution in [0.4, 0.5) is 0 Å². The van der Waals surface area contributed by atoms with E-state index in [0.29, 0.717) is 6.29 Å². The summed E-state index contributed by atoms with van der Waals surface area (Å²) in [5.74, 6) is 0. The van der Waals surface area contributed by atoms with Crippen molar-refractivity contribution in [3.05, 3.63) is 0 Å². The fourth-order valence-electron chi connectivity index (χ4n) is 5.92. The van der Waals surface area contributed by atoms with Gasteiger partial charge in [0.25, 0.3) is 0 Å². The highest BCUT2D eigenvalue weighted by molar-refractivity contribution is 5.57. The molecule has 0 amide bonds. The van der Waals surface area contributed by atoms with Crippen molar-refractivity contribution in [3.63, 3.8) is 0 Å². The van der Waals surface area contributed by atoms with Crippen LogP contribution in [0.15, 0.2) is 0 Å². The van der Waals surface area contributed by atoms with E-state index in [1.54, 1.807) is 21.3 Å². The third-order valence-electron chi connectivity index (χ3n) is 8.11. The van der Waals surface area contributed by atoms with Crippen LogP contribution in [-0.2, 0) is 75.8 Å². The van der Waals surface area contributed by atoms with Gasteiger partial charge in [-0.2, -0.15) is 0 Å². The van der Waals surface area contributed by atoms with Crippen LogP contribution in [0.25, 0.3) is 0 Å². The minimum atomic E-state index is -1.07. The first-order chi connectivity index (χ1) is 21.8. The number of aldehydes is 1. The largest absolute Gasteiger partial charge is 0.382 e. The molecule has 2 rings (SSSR count). The zero-order valence-corrected chi connectivity index (χ0v) is 28.3. The maximum atomic E-state index is 11.9. The Bertz CT molecular complexity index is 793. The lowest BCUT2D eigenvalue weighted by Crippen LogP contribution is -2.67. The fourth-order valence-corrected chi connectivity index (χ4v) is 5.92. The molecule has 0 unspecified atom stereocenters. The maximum absolute atomic E-state index is 11.9. The molecule has 14 atom stereocenters. The van der Waals surface area contributed by atoms with Gasteiger partial charge < -0.3 is 75.8 Å². The first-order valence-electron chi connectivity index (χ1n) is 14.6. The summed E-state index contributed by atoms with van der Waals surface area (Å²) in [5.41, 5.74) is 0. The lowest BCUT2D eigenvalue weighted by atomic mass is 9.96. The minimum absolute atomic E-state index is 0.0836. The quantitative estimate of drug-likeness (QED) is 0.137. The predicted octanol–water partition coefficient (Wildman–Crippen LogP) is -0.535. The van der Waals surface area contributed by atoms with Crippen LogP contribution in [0.5, 0.6) is 0 Å². The van der Waals surface area contributed by atoms with Crippen LogP contribution in [-0.4, -0.2) is 190 Å². The Labute approximate surface area is 266 Å². The third kappa shape index (κ3) is 9.81. The number of carbonyl (C=O) groups excluding carboxylic acids is 1. The zero-order chi connectivity index (χ0) is 33.5. The molecule has 16 nitrogen and oxygen atoms in total. The van der Waals surface area contributed by atoms with Crippen LogP contribution >= 0.6 is 0 Å². The van der Waals surface area contributed by atoms with Gasteiger partial charge in [-0.3, -0.25) is 0 Å². The van der Waals surface area contributed by atoms with Crippen LogP contribution in [0.2, 0.25) is 0 Å². The summed E-state index contributed by atoms with van der Waals surface area (Å²) in [4.78, 5) is 11.9. The van der Waals surface area contributed by atoms with Crippen molar-refractivity contribution >= 4 is 6.29 Å². The van der Waals surface area contributed by atoms with Gasteiger partial charge in [-0.25, -0.2) is 0 Å². The molecule has 0 N–H and O–H groups in total. The van der Waals surface area contributed by atoms with E-state index in [2.05, 4.69) is 0 Å². The number of rotatable bonds is 22. The van der Waals surface area contributed by atoms with Crippen LogP contribution in [0.1, 0.15) is 0 Å². The van der Waals surface area contributed by atoms with Crippen molar-refractivity contribution in [3.8, 4) is 0 Å². The summed E-state index contributed by atoms with van der Waals surface area (Å²) in [6.07, 6.45) is -10.3. The van der Waals surface area contributed by atoms with E-state index >= 15 is 0 Å². The molecule has 2 aliphatic heterocycles. The molecule has 0 bridgehead atoms. The Balaban J connectivity index is 2.48. The second-order valence-corrected chi connectivity index (χ2v) is 10.5. The van der Waals surface area contributed by atoms with E-state index in [1.165, 1.54) is 56.9 Å². The normalized spacial score (nSPS) is 35.1. The molecule has 2 saturated heterocycles. The van der Waals surface area contributed by atoms with Crippen molar-refractivity contribution in [2.24, 2.45) is 0 Å². The highest BCUT2D eigenvalue weighted by Gasteiger charge is 2.54. The summed E-state index contributed by atoms with van der Waals surface area (Å²) in [6.45, 7) is 0.417. The number of carbonyl (C=O) groups is 1. The number of hydrogen-bond acceptors (Lipinski definition) is 16. The zero-order valence-electron chi connectivity index (χ0n) is 28.3. The van der Waals surface area contributed by atoms with Gasteiger partial charge in [0.2, 0.25) is 0 Å². The Morgan fingerprint density at radius 3 is 1.51 bits per heavy atom. The molecule has 0 spiro atoms. The minimum Gasteiger partial charge on any atom is -0.382 e. The van der Waals surface area contributed by atoms with Crippen molar-refractivity contribution in [1.29, 1.82) is 0 Å². The monoisotopic (exact) mass is 658 g/mol. The van der Waals surface area contributed by atoms with Gasteiger partial charge in [0.05, 0.1) is 19.8 Å². The van der Waals surface area contributed by atoms with Gasteiger partial charge in [-0.1, -0.05) is 0 Å². The van der Waals surface area contributed by atoms with Crippen molar-refractivity contribution in [2.75, 3.05) is 98.0 Å². The summed E-state index contributed by atoms with van der Waals surface area (Å²) in [7, 11) is 16.6. The smallest absolute Gasteiger partial charge is 0.187 e. The van der Waals surface area contributed by atoms with Crippen molar-refractivity contribution in [1.82, 2.24) is 0 Å². The Hall–Kier alpha value is -0.930. The molecule has 16 heteroatoms. The van der Waals surface area contributed by atoms with Gasteiger partial charge in [0.1, 0.15) is 73.2 Å². The molecule has 0 radical (unpaired) electrons. The van der Waals surface area contributed by atoms with Crippen molar-refractivity contribution in [2.45, 2.75) is 85.8 Å². The van der Waals surface area contributed by atoms with E-state index in [1.807, 2.05) is 0 Å². The molecule has 2 heterocycles. The second kappa shape index (κ2) is 21.1.